The molecule has 2 rings (SSSR count). The molecule has 5 heteroatoms. The van der Waals surface area contributed by atoms with Crippen LogP contribution in [0.4, 0.5) is 4.39 Å². The number of hydrogen-bond donors (Lipinski definition) is 1. The van der Waals surface area contributed by atoms with Crippen molar-refractivity contribution < 1.29 is 8.81 Å². The molecule has 0 amide bonds. The fraction of sp³-hybridized carbons (Fsp3) is 0.250. The third-order valence-corrected chi connectivity index (χ3v) is 3.01. The van der Waals surface area contributed by atoms with Gasteiger partial charge in [-0.15, -0.1) is 0 Å². The Morgan fingerprint density at radius 1 is 1.41 bits per heavy atom. The van der Waals surface area contributed by atoms with Gasteiger partial charge < -0.3 is 9.73 Å². The number of halogens is 2. The molecule has 3 nitrogen and oxygen atoms in total. The highest BCUT2D eigenvalue weighted by Crippen LogP contribution is 2.17. The van der Waals surface area contributed by atoms with Crippen LogP contribution in [-0.2, 0) is 13.1 Å². The smallest absolute Gasteiger partial charge is 0.208 e. The lowest BCUT2D eigenvalue weighted by Gasteiger charge is -2.05. The van der Waals surface area contributed by atoms with Crippen LogP contribution in [0.25, 0.3) is 0 Å². The summed E-state index contributed by atoms with van der Waals surface area (Å²) in [6.07, 6.45) is 1.69. The van der Waals surface area contributed by atoms with Crippen LogP contribution < -0.4 is 5.32 Å². The van der Waals surface area contributed by atoms with E-state index in [-0.39, 0.29) is 5.82 Å². The zero-order valence-electron chi connectivity index (χ0n) is 9.34. The van der Waals surface area contributed by atoms with E-state index in [4.69, 9.17) is 4.42 Å². The third-order valence-electron chi connectivity index (χ3n) is 2.28. The molecule has 0 bridgehead atoms. The second-order valence-corrected chi connectivity index (χ2v) is 4.56. The summed E-state index contributed by atoms with van der Waals surface area (Å²) >= 11 is 3.32. The zero-order chi connectivity index (χ0) is 12.3. The second-order valence-electron chi connectivity index (χ2n) is 3.70. The summed E-state index contributed by atoms with van der Waals surface area (Å²) in [6.45, 7) is 3.03. The van der Waals surface area contributed by atoms with Crippen molar-refractivity contribution in [3.8, 4) is 0 Å². The van der Waals surface area contributed by atoms with Crippen molar-refractivity contribution in [1.82, 2.24) is 10.3 Å². The number of nitrogens with one attached hydrogen (secondary N) is 1. The Hall–Kier alpha value is -1.20. The maximum Gasteiger partial charge on any atom is 0.208 e. The number of oxazole rings is 1. The Morgan fingerprint density at radius 2 is 2.24 bits per heavy atom. The molecule has 1 aromatic heterocycles. The molecule has 0 aliphatic carbocycles. The molecular weight excluding hydrogens is 287 g/mol. The van der Waals surface area contributed by atoms with Gasteiger partial charge in [0.2, 0.25) is 5.89 Å². The van der Waals surface area contributed by atoms with Crippen molar-refractivity contribution in [3.05, 3.63) is 51.9 Å². The minimum absolute atomic E-state index is 0.246. The topological polar surface area (TPSA) is 38.1 Å². The standard InChI is InChI=1S/C12H12BrFN2O/c1-8-5-16-12(17-8)7-15-6-9-2-3-10(14)4-11(9)13/h2-5,15H,6-7H2,1H3. The van der Waals surface area contributed by atoms with Gasteiger partial charge in [-0.2, -0.15) is 0 Å². The van der Waals surface area contributed by atoms with Gasteiger partial charge in [-0.05, 0) is 24.6 Å². The van der Waals surface area contributed by atoms with Crippen LogP contribution in [-0.4, -0.2) is 4.98 Å². The Balaban J connectivity index is 1.90. The Bertz CT molecular complexity index is 513. The normalized spacial score (nSPS) is 10.8. The molecular formula is C12H12BrFN2O. The van der Waals surface area contributed by atoms with Crippen molar-refractivity contribution in [3.63, 3.8) is 0 Å². The van der Waals surface area contributed by atoms with Crippen LogP contribution >= 0.6 is 15.9 Å². The van der Waals surface area contributed by atoms with Crippen molar-refractivity contribution in [2.75, 3.05) is 0 Å². The number of aryl methyl sites for hydroxylation is 1. The number of aromatic nitrogens is 1. The van der Waals surface area contributed by atoms with Gasteiger partial charge in [0.05, 0.1) is 12.7 Å². The average molecular weight is 299 g/mol. The Kier molecular flexibility index (Phi) is 3.91. The highest BCUT2D eigenvalue weighted by atomic mass is 79.9. The molecule has 0 spiro atoms. The van der Waals surface area contributed by atoms with E-state index in [1.807, 2.05) is 6.92 Å². The summed E-state index contributed by atoms with van der Waals surface area (Å²) in [7, 11) is 0. The molecule has 0 aliphatic heterocycles. The monoisotopic (exact) mass is 298 g/mol. The first-order valence-corrected chi connectivity index (χ1v) is 6.00. The van der Waals surface area contributed by atoms with E-state index in [1.54, 1.807) is 12.3 Å². The van der Waals surface area contributed by atoms with Gasteiger partial charge in [0.25, 0.3) is 0 Å². The minimum Gasteiger partial charge on any atom is -0.445 e. The van der Waals surface area contributed by atoms with E-state index in [0.717, 1.165) is 15.8 Å². The molecule has 1 heterocycles. The largest absolute Gasteiger partial charge is 0.445 e. The molecule has 0 fully saturated rings. The third kappa shape index (κ3) is 3.38. The lowest BCUT2D eigenvalue weighted by molar-refractivity contribution is 0.449. The van der Waals surface area contributed by atoms with Crippen LogP contribution in [0, 0.1) is 12.7 Å². The summed E-state index contributed by atoms with van der Waals surface area (Å²) in [6, 6.07) is 4.64. The number of benzene rings is 1. The quantitative estimate of drug-likeness (QED) is 0.942. The fourth-order valence-corrected chi connectivity index (χ4v) is 1.94. The number of nitrogens with zero attached hydrogens (tertiary/aromatic N) is 1. The lowest BCUT2D eigenvalue weighted by Crippen LogP contribution is -2.13. The molecule has 2 aromatic rings. The molecule has 0 atom stereocenters. The molecule has 1 aromatic carbocycles. The van der Waals surface area contributed by atoms with E-state index in [1.165, 1.54) is 12.1 Å². The van der Waals surface area contributed by atoms with Crippen LogP contribution in [0.15, 0.2) is 33.3 Å². The first kappa shape index (κ1) is 12.3. The van der Waals surface area contributed by atoms with E-state index < -0.39 is 0 Å². The van der Waals surface area contributed by atoms with Crippen molar-refractivity contribution in [1.29, 1.82) is 0 Å². The molecule has 0 saturated carbocycles. The zero-order valence-corrected chi connectivity index (χ0v) is 10.9. The molecule has 0 radical (unpaired) electrons. The molecule has 17 heavy (non-hydrogen) atoms. The van der Waals surface area contributed by atoms with Crippen LogP contribution in [0.5, 0.6) is 0 Å². The van der Waals surface area contributed by atoms with Gasteiger partial charge in [0.15, 0.2) is 0 Å². The van der Waals surface area contributed by atoms with Crippen LogP contribution in [0.3, 0.4) is 0 Å². The van der Waals surface area contributed by atoms with Crippen molar-refractivity contribution in [2.45, 2.75) is 20.0 Å². The predicted octanol–water partition coefficient (Wildman–Crippen LogP) is 3.17. The molecule has 0 saturated heterocycles. The van der Waals surface area contributed by atoms with Gasteiger partial charge in [-0.25, -0.2) is 9.37 Å². The summed E-state index contributed by atoms with van der Waals surface area (Å²) < 4.78 is 18.9. The molecule has 1 N–H and O–H groups in total. The summed E-state index contributed by atoms with van der Waals surface area (Å²) in [4.78, 5) is 4.08. The highest BCUT2D eigenvalue weighted by molar-refractivity contribution is 9.10. The second kappa shape index (κ2) is 5.42. The van der Waals surface area contributed by atoms with Crippen molar-refractivity contribution in [2.24, 2.45) is 0 Å². The Labute approximate surface area is 107 Å². The van der Waals surface area contributed by atoms with Crippen LogP contribution in [0.2, 0.25) is 0 Å². The lowest BCUT2D eigenvalue weighted by atomic mass is 10.2. The van der Waals surface area contributed by atoms with E-state index in [2.05, 4.69) is 26.2 Å². The minimum atomic E-state index is -0.246. The maximum atomic E-state index is 12.9. The SMILES string of the molecule is Cc1cnc(CNCc2ccc(F)cc2Br)o1. The van der Waals surface area contributed by atoms with Gasteiger partial charge >= 0.3 is 0 Å². The Morgan fingerprint density at radius 3 is 2.88 bits per heavy atom. The first-order valence-electron chi connectivity index (χ1n) is 5.21. The highest BCUT2D eigenvalue weighted by Gasteiger charge is 2.03. The van der Waals surface area contributed by atoms with Gasteiger partial charge in [-0.3, -0.25) is 0 Å². The van der Waals surface area contributed by atoms with Crippen molar-refractivity contribution >= 4 is 15.9 Å². The fourth-order valence-electron chi connectivity index (χ4n) is 1.45. The van der Waals surface area contributed by atoms with Gasteiger partial charge in [0, 0.05) is 11.0 Å². The first-order chi connectivity index (χ1) is 8.15. The van der Waals surface area contributed by atoms with Gasteiger partial charge in [0.1, 0.15) is 11.6 Å². The molecule has 90 valence electrons. The summed E-state index contributed by atoms with van der Waals surface area (Å²) in [5, 5.41) is 3.18. The average Bonchev–Trinajstić information content (AvgIpc) is 2.68. The maximum absolute atomic E-state index is 12.9. The van der Waals surface area contributed by atoms with E-state index in [9.17, 15) is 4.39 Å². The van der Waals surface area contributed by atoms with E-state index in [0.29, 0.717) is 19.0 Å². The molecule has 0 aliphatic rings. The predicted molar refractivity (Wildman–Crippen MR) is 65.9 cm³/mol. The van der Waals surface area contributed by atoms with E-state index >= 15 is 0 Å². The number of hydrogen-bond acceptors (Lipinski definition) is 3. The van der Waals surface area contributed by atoms with Gasteiger partial charge in [-0.1, -0.05) is 22.0 Å². The summed E-state index contributed by atoms with van der Waals surface area (Å²) in [5.41, 5.74) is 0.995. The summed E-state index contributed by atoms with van der Waals surface area (Å²) in [5.74, 6) is 1.20. The number of rotatable bonds is 4. The molecule has 0 unspecified atom stereocenters. The van der Waals surface area contributed by atoms with Crippen LogP contribution in [0.1, 0.15) is 17.2 Å².